The SMILES string of the molecule is CCCNC(c1cc(F)c(F)cc1F)c1sccc1C. The van der Waals surface area contributed by atoms with Crippen molar-refractivity contribution in [1.29, 1.82) is 0 Å². The molecule has 1 heterocycles. The van der Waals surface area contributed by atoms with Crippen LogP contribution in [0.25, 0.3) is 0 Å². The van der Waals surface area contributed by atoms with Crippen molar-refractivity contribution in [2.24, 2.45) is 0 Å². The zero-order chi connectivity index (χ0) is 14.7. The molecule has 108 valence electrons. The predicted molar refractivity (Wildman–Crippen MR) is 75.5 cm³/mol. The second kappa shape index (κ2) is 6.41. The molecule has 20 heavy (non-hydrogen) atoms. The minimum Gasteiger partial charge on any atom is -0.305 e. The summed E-state index contributed by atoms with van der Waals surface area (Å²) in [6.45, 7) is 4.58. The average Bonchev–Trinajstić information content (AvgIpc) is 2.82. The van der Waals surface area contributed by atoms with Crippen LogP contribution in [0.1, 0.15) is 35.4 Å². The highest BCUT2D eigenvalue weighted by molar-refractivity contribution is 7.10. The van der Waals surface area contributed by atoms with E-state index in [-0.39, 0.29) is 5.56 Å². The van der Waals surface area contributed by atoms with Gasteiger partial charge in [0.2, 0.25) is 0 Å². The van der Waals surface area contributed by atoms with Gasteiger partial charge in [0.05, 0.1) is 6.04 Å². The van der Waals surface area contributed by atoms with E-state index in [4.69, 9.17) is 0 Å². The Bertz CT molecular complexity index is 595. The van der Waals surface area contributed by atoms with E-state index in [1.54, 1.807) is 0 Å². The van der Waals surface area contributed by atoms with Crippen molar-refractivity contribution >= 4 is 11.3 Å². The summed E-state index contributed by atoms with van der Waals surface area (Å²) < 4.78 is 40.5. The van der Waals surface area contributed by atoms with Crippen molar-refractivity contribution in [1.82, 2.24) is 5.32 Å². The van der Waals surface area contributed by atoms with Crippen molar-refractivity contribution in [3.05, 3.63) is 57.0 Å². The summed E-state index contributed by atoms with van der Waals surface area (Å²) in [6, 6.07) is 3.02. The molecule has 0 fully saturated rings. The molecule has 0 aliphatic carbocycles. The molecule has 0 spiro atoms. The molecule has 1 aromatic heterocycles. The second-order valence-electron chi connectivity index (χ2n) is 4.64. The number of thiophene rings is 1. The van der Waals surface area contributed by atoms with Crippen LogP contribution >= 0.6 is 11.3 Å². The van der Waals surface area contributed by atoms with E-state index in [1.807, 2.05) is 25.3 Å². The molecule has 0 bridgehead atoms. The first kappa shape index (κ1) is 15.1. The number of hydrogen-bond donors (Lipinski definition) is 1. The van der Waals surface area contributed by atoms with Gasteiger partial charge in [0.1, 0.15) is 5.82 Å². The van der Waals surface area contributed by atoms with E-state index >= 15 is 0 Å². The van der Waals surface area contributed by atoms with E-state index < -0.39 is 23.5 Å². The number of halogens is 3. The molecule has 0 radical (unpaired) electrons. The molecule has 5 heteroatoms. The number of rotatable bonds is 5. The maximum Gasteiger partial charge on any atom is 0.161 e. The van der Waals surface area contributed by atoms with Crippen LogP contribution < -0.4 is 5.32 Å². The van der Waals surface area contributed by atoms with Gasteiger partial charge in [-0.1, -0.05) is 6.92 Å². The lowest BCUT2D eigenvalue weighted by Crippen LogP contribution is -2.24. The van der Waals surface area contributed by atoms with Crippen LogP contribution in [-0.4, -0.2) is 6.54 Å². The monoisotopic (exact) mass is 299 g/mol. The summed E-state index contributed by atoms with van der Waals surface area (Å²) in [6.07, 6.45) is 0.867. The van der Waals surface area contributed by atoms with E-state index in [0.29, 0.717) is 12.6 Å². The maximum atomic E-state index is 14.0. The molecule has 1 aromatic carbocycles. The number of hydrogen-bond acceptors (Lipinski definition) is 2. The third kappa shape index (κ3) is 3.04. The van der Waals surface area contributed by atoms with Gasteiger partial charge < -0.3 is 5.32 Å². The van der Waals surface area contributed by atoms with E-state index in [9.17, 15) is 13.2 Å². The molecule has 0 amide bonds. The average molecular weight is 299 g/mol. The zero-order valence-corrected chi connectivity index (χ0v) is 12.2. The van der Waals surface area contributed by atoms with Crippen LogP contribution in [0.3, 0.4) is 0 Å². The summed E-state index contributed by atoms with van der Waals surface area (Å²) in [5, 5.41) is 5.10. The molecule has 1 N–H and O–H groups in total. The molecule has 1 atom stereocenters. The summed E-state index contributed by atoms with van der Waals surface area (Å²) in [5.74, 6) is -2.92. The Morgan fingerprint density at radius 1 is 1.15 bits per heavy atom. The highest BCUT2D eigenvalue weighted by Crippen LogP contribution is 2.31. The Morgan fingerprint density at radius 3 is 2.45 bits per heavy atom. The normalized spacial score (nSPS) is 12.7. The molecule has 0 saturated heterocycles. The molecule has 2 aromatic rings. The molecule has 1 nitrogen and oxygen atoms in total. The lowest BCUT2D eigenvalue weighted by molar-refractivity contribution is 0.480. The Labute approximate surface area is 120 Å². The predicted octanol–water partition coefficient (Wildman–Crippen LogP) is 4.56. The molecular weight excluding hydrogens is 283 g/mol. The van der Waals surface area contributed by atoms with Crippen LogP contribution in [0.15, 0.2) is 23.6 Å². The third-order valence-electron chi connectivity index (χ3n) is 3.11. The fraction of sp³-hybridized carbons (Fsp3) is 0.333. The number of nitrogens with one attached hydrogen (secondary N) is 1. The smallest absolute Gasteiger partial charge is 0.161 e. The lowest BCUT2D eigenvalue weighted by atomic mass is 10.0. The fourth-order valence-corrected chi connectivity index (χ4v) is 3.09. The minimum atomic E-state index is -1.16. The summed E-state index contributed by atoms with van der Waals surface area (Å²) in [5.41, 5.74) is 1.15. The molecule has 2 rings (SSSR count). The molecular formula is C15H16F3NS. The summed E-state index contributed by atoms with van der Waals surface area (Å²) >= 11 is 1.48. The van der Waals surface area contributed by atoms with Crippen LogP contribution in [-0.2, 0) is 0 Å². The Balaban J connectivity index is 2.46. The van der Waals surface area contributed by atoms with Gasteiger partial charge in [-0.3, -0.25) is 0 Å². The van der Waals surface area contributed by atoms with Gasteiger partial charge in [-0.05, 0) is 43.0 Å². The van der Waals surface area contributed by atoms with Crippen LogP contribution in [0.2, 0.25) is 0 Å². The van der Waals surface area contributed by atoms with Gasteiger partial charge in [-0.15, -0.1) is 11.3 Å². The number of benzene rings is 1. The fourth-order valence-electron chi connectivity index (χ4n) is 2.07. The van der Waals surface area contributed by atoms with Gasteiger partial charge in [0, 0.05) is 16.5 Å². The van der Waals surface area contributed by atoms with Crippen LogP contribution in [0.4, 0.5) is 13.2 Å². The van der Waals surface area contributed by atoms with E-state index in [1.165, 1.54) is 11.3 Å². The third-order valence-corrected chi connectivity index (χ3v) is 4.20. The van der Waals surface area contributed by atoms with Crippen LogP contribution in [0, 0.1) is 24.4 Å². The first-order valence-corrected chi connectivity index (χ1v) is 7.34. The maximum absolute atomic E-state index is 14.0. The summed E-state index contributed by atoms with van der Waals surface area (Å²) in [4.78, 5) is 0.920. The first-order chi connectivity index (χ1) is 9.54. The highest BCUT2D eigenvalue weighted by atomic mass is 32.1. The topological polar surface area (TPSA) is 12.0 Å². The minimum absolute atomic E-state index is 0.142. The van der Waals surface area contributed by atoms with Gasteiger partial charge in [0.15, 0.2) is 11.6 Å². The molecule has 0 aliphatic rings. The molecule has 1 unspecified atom stereocenters. The molecule has 0 aliphatic heterocycles. The van der Waals surface area contributed by atoms with Crippen molar-refractivity contribution < 1.29 is 13.2 Å². The van der Waals surface area contributed by atoms with Crippen molar-refractivity contribution in [3.63, 3.8) is 0 Å². The highest BCUT2D eigenvalue weighted by Gasteiger charge is 2.22. The largest absolute Gasteiger partial charge is 0.305 e. The Kier molecular flexibility index (Phi) is 4.83. The van der Waals surface area contributed by atoms with E-state index in [0.717, 1.165) is 22.9 Å². The quantitative estimate of drug-likeness (QED) is 0.798. The van der Waals surface area contributed by atoms with Crippen molar-refractivity contribution in [2.45, 2.75) is 26.3 Å². The number of aryl methyl sites for hydroxylation is 1. The first-order valence-electron chi connectivity index (χ1n) is 6.46. The lowest BCUT2D eigenvalue weighted by Gasteiger charge is -2.19. The second-order valence-corrected chi connectivity index (χ2v) is 5.59. The zero-order valence-electron chi connectivity index (χ0n) is 11.3. The standard InChI is InChI=1S/C15H16F3NS/c1-3-5-19-14(15-9(2)4-6-20-15)10-7-12(17)13(18)8-11(10)16/h4,6-8,14,19H,3,5H2,1-2H3. The molecule has 0 saturated carbocycles. The van der Waals surface area contributed by atoms with Gasteiger partial charge in [-0.2, -0.15) is 0 Å². The Morgan fingerprint density at radius 2 is 1.85 bits per heavy atom. The van der Waals surface area contributed by atoms with E-state index in [2.05, 4.69) is 5.32 Å². The van der Waals surface area contributed by atoms with Gasteiger partial charge >= 0.3 is 0 Å². The Hall–Kier alpha value is -1.33. The van der Waals surface area contributed by atoms with Crippen molar-refractivity contribution in [3.8, 4) is 0 Å². The summed E-state index contributed by atoms with van der Waals surface area (Å²) in [7, 11) is 0. The van der Waals surface area contributed by atoms with Crippen molar-refractivity contribution in [2.75, 3.05) is 6.54 Å². The van der Waals surface area contributed by atoms with Gasteiger partial charge in [0.25, 0.3) is 0 Å². The van der Waals surface area contributed by atoms with Gasteiger partial charge in [-0.25, -0.2) is 13.2 Å². The van der Waals surface area contributed by atoms with Crippen LogP contribution in [0.5, 0.6) is 0 Å².